The topological polar surface area (TPSA) is 61.3 Å². The molecule has 0 atom stereocenters. The van der Waals surface area contributed by atoms with Crippen molar-refractivity contribution in [2.75, 3.05) is 12.8 Å². The summed E-state index contributed by atoms with van der Waals surface area (Å²) < 4.78 is 11.0. The van der Waals surface area contributed by atoms with Gasteiger partial charge in [-0.05, 0) is 18.2 Å². The highest BCUT2D eigenvalue weighted by Crippen LogP contribution is 2.24. The number of methoxy groups -OCH3 is 1. The third-order valence-corrected chi connectivity index (χ3v) is 2.99. The maximum absolute atomic E-state index is 5.72. The number of hydrogen-bond acceptors (Lipinski definition) is 4. The smallest absolute Gasteiger partial charge is 0.200 e. The average molecular weight is 254 g/mol. The van der Waals surface area contributed by atoms with Crippen LogP contribution in [0.15, 0.2) is 46.9 Å². The molecule has 1 aromatic heterocycles. The van der Waals surface area contributed by atoms with Crippen LogP contribution in [0.2, 0.25) is 0 Å². The van der Waals surface area contributed by atoms with Gasteiger partial charge in [-0.2, -0.15) is 0 Å². The van der Waals surface area contributed by atoms with Crippen LogP contribution in [0.1, 0.15) is 11.5 Å². The molecule has 0 saturated heterocycles. The molecule has 0 aliphatic heterocycles. The second kappa shape index (κ2) is 4.65. The quantitative estimate of drug-likeness (QED) is 0.730. The van der Waals surface area contributed by atoms with Crippen molar-refractivity contribution in [3.8, 4) is 5.75 Å². The van der Waals surface area contributed by atoms with E-state index in [1.54, 1.807) is 13.2 Å². The first-order valence-electron chi connectivity index (χ1n) is 6.03. The normalized spacial score (nSPS) is 10.8. The Morgan fingerprint density at radius 2 is 2.05 bits per heavy atom. The summed E-state index contributed by atoms with van der Waals surface area (Å²) in [5.41, 5.74) is 8.97. The van der Waals surface area contributed by atoms with E-state index in [9.17, 15) is 0 Å². The van der Waals surface area contributed by atoms with Gasteiger partial charge in [-0.1, -0.05) is 18.2 Å². The van der Waals surface area contributed by atoms with Crippen LogP contribution < -0.4 is 10.5 Å². The van der Waals surface area contributed by atoms with Gasteiger partial charge in [-0.3, -0.25) is 0 Å². The molecule has 0 bridgehead atoms. The number of oxazole rings is 1. The Bertz CT molecular complexity index is 719. The Balaban J connectivity index is 1.96. The average Bonchev–Trinajstić information content (AvgIpc) is 2.80. The first kappa shape index (κ1) is 11.6. The maximum Gasteiger partial charge on any atom is 0.200 e. The highest BCUT2D eigenvalue weighted by molar-refractivity contribution is 5.76. The molecule has 1 heterocycles. The highest BCUT2D eigenvalue weighted by atomic mass is 16.5. The molecule has 19 heavy (non-hydrogen) atoms. The fourth-order valence-corrected chi connectivity index (χ4v) is 2.08. The van der Waals surface area contributed by atoms with E-state index in [0.717, 1.165) is 16.8 Å². The molecule has 0 aliphatic carbocycles. The van der Waals surface area contributed by atoms with Gasteiger partial charge >= 0.3 is 0 Å². The van der Waals surface area contributed by atoms with E-state index >= 15 is 0 Å². The van der Waals surface area contributed by atoms with Gasteiger partial charge in [0.15, 0.2) is 11.5 Å². The summed E-state index contributed by atoms with van der Waals surface area (Å²) in [4.78, 5) is 4.45. The van der Waals surface area contributed by atoms with E-state index in [0.29, 0.717) is 23.6 Å². The molecule has 0 saturated carbocycles. The number of aromatic nitrogens is 1. The van der Waals surface area contributed by atoms with Crippen molar-refractivity contribution in [2.45, 2.75) is 6.42 Å². The second-order valence-corrected chi connectivity index (χ2v) is 4.32. The summed E-state index contributed by atoms with van der Waals surface area (Å²) in [6, 6.07) is 13.3. The van der Waals surface area contributed by atoms with Crippen molar-refractivity contribution in [3.05, 3.63) is 53.9 Å². The van der Waals surface area contributed by atoms with Crippen molar-refractivity contribution < 1.29 is 9.15 Å². The molecule has 0 fully saturated rings. The minimum atomic E-state index is 0.596. The molecule has 0 spiro atoms. The number of para-hydroxylation sites is 1. The molecule has 96 valence electrons. The molecule has 0 aliphatic rings. The van der Waals surface area contributed by atoms with Gasteiger partial charge in [0.05, 0.1) is 13.5 Å². The van der Waals surface area contributed by atoms with Crippen LogP contribution in [0, 0.1) is 0 Å². The van der Waals surface area contributed by atoms with Crippen LogP contribution in [0.5, 0.6) is 5.75 Å². The first-order chi connectivity index (χ1) is 9.26. The van der Waals surface area contributed by atoms with E-state index in [1.807, 2.05) is 36.4 Å². The zero-order valence-corrected chi connectivity index (χ0v) is 10.6. The lowest BCUT2D eigenvalue weighted by Gasteiger charge is -2.05. The Morgan fingerprint density at radius 3 is 2.89 bits per heavy atom. The van der Waals surface area contributed by atoms with Gasteiger partial charge in [0.25, 0.3) is 0 Å². The number of nitrogens with zero attached hydrogens (tertiary/aromatic N) is 1. The zero-order valence-electron chi connectivity index (χ0n) is 10.6. The van der Waals surface area contributed by atoms with Gasteiger partial charge in [-0.25, -0.2) is 4.98 Å². The number of ether oxygens (including phenoxy) is 1. The minimum Gasteiger partial charge on any atom is -0.496 e. The zero-order chi connectivity index (χ0) is 13.2. The molecule has 4 heteroatoms. The molecule has 0 radical (unpaired) electrons. The summed E-state index contributed by atoms with van der Waals surface area (Å²) in [6.45, 7) is 0. The van der Waals surface area contributed by atoms with Gasteiger partial charge in [-0.15, -0.1) is 0 Å². The van der Waals surface area contributed by atoms with E-state index in [-0.39, 0.29) is 0 Å². The fourth-order valence-electron chi connectivity index (χ4n) is 2.08. The third-order valence-electron chi connectivity index (χ3n) is 2.99. The van der Waals surface area contributed by atoms with Crippen molar-refractivity contribution in [3.63, 3.8) is 0 Å². The summed E-state index contributed by atoms with van der Waals surface area (Å²) in [5, 5.41) is 0. The lowest BCUT2D eigenvalue weighted by atomic mass is 10.1. The summed E-state index contributed by atoms with van der Waals surface area (Å²) in [5.74, 6) is 1.49. The van der Waals surface area contributed by atoms with Crippen LogP contribution in [-0.2, 0) is 6.42 Å². The molecule has 2 aromatic carbocycles. The van der Waals surface area contributed by atoms with Crippen molar-refractivity contribution >= 4 is 16.8 Å². The number of rotatable bonds is 3. The van der Waals surface area contributed by atoms with Gasteiger partial charge < -0.3 is 14.9 Å². The van der Waals surface area contributed by atoms with E-state index < -0.39 is 0 Å². The number of nitrogen functional groups attached to an aromatic ring is 1. The van der Waals surface area contributed by atoms with Crippen molar-refractivity contribution in [1.29, 1.82) is 0 Å². The number of nitrogens with two attached hydrogens (primary N) is 1. The molecule has 0 amide bonds. The predicted octanol–water partition coefficient (Wildman–Crippen LogP) is 3.01. The van der Waals surface area contributed by atoms with E-state index in [1.165, 1.54) is 0 Å². The standard InChI is InChI=1S/C15H14N2O2/c1-18-13-5-3-2-4-10(13)8-15-17-12-7-6-11(16)9-14(12)19-15/h2-7,9H,8,16H2,1H3. The third kappa shape index (κ3) is 2.25. The largest absolute Gasteiger partial charge is 0.496 e. The van der Waals surface area contributed by atoms with Crippen molar-refractivity contribution in [2.24, 2.45) is 0 Å². The lowest BCUT2D eigenvalue weighted by molar-refractivity contribution is 0.408. The second-order valence-electron chi connectivity index (χ2n) is 4.32. The monoisotopic (exact) mass is 254 g/mol. The Kier molecular flexibility index (Phi) is 2.83. The van der Waals surface area contributed by atoms with Crippen LogP contribution in [0.4, 0.5) is 5.69 Å². The van der Waals surface area contributed by atoms with Gasteiger partial charge in [0, 0.05) is 17.3 Å². The van der Waals surface area contributed by atoms with Crippen LogP contribution >= 0.6 is 0 Å². The molecule has 4 nitrogen and oxygen atoms in total. The number of fused-ring (bicyclic) bond motifs is 1. The maximum atomic E-state index is 5.72. The molecular weight excluding hydrogens is 240 g/mol. The fraction of sp³-hybridized carbons (Fsp3) is 0.133. The van der Waals surface area contributed by atoms with Crippen LogP contribution in [0.25, 0.3) is 11.1 Å². The predicted molar refractivity (Wildman–Crippen MR) is 74.2 cm³/mol. The minimum absolute atomic E-state index is 0.596. The van der Waals surface area contributed by atoms with Gasteiger partial charge in [0.2, 0.25) is 0 Å². The Labute approximate surface area is 110 Å². The summed E-state index contributed by atoms with van der Waals surface area (Å²) in [7, 11) is 1.66. The van der Waals surface area contributed by atoms with Crippen molar-refractivity contribution in [1.82, 2.24) is 4.98 Å². The Morgan fingerprint density at radius 1 is 1.21 bits per heavy atom. The first-order valence-corrected chi connectivity index (χ1v) is 6.03. The molecule has 3 aromatic rings. The van der Waals surface area contributed by atoms with E-state index in [4.69, 9.17) is 14.9 Å². The highest BCUT2D eigenvalue weighted by Gasteiger charge is 2.09. The molecular formula is C15H14N2O2. The van der Waals surface area contributed by atoms with Crippen LogP contribution in [0.3, 0.4) is 0 Å². The SMILES string of the molecule is COc1ccccc1Cc1nc2ccc(N)cc2o1. The van der Waals surface area contributed by atoms with E-state index in [2.05, 4.69) is 4.98 Å². The number of anilines is 1. The lowest BCUT2D eigenvalue weighted by Crippen LogP contribution is -1.93. The summed E-state index contributed by atoms with van der Waals surface area (Å²) >= 11 is 0. The number of benzene rings is 2. The van der Waals surface area contributed by atoms with Crippen LogP contribution in [-0.4, -0.2) is 12.1 Å². The number of hydrogen-bond donors (Lipinski definition) is 1. The molecule has 0 unspecified atom stereocenters. The van der Waals surface area contributed by atoms with Gasteiger partial charge in [0.1, 0.15) is 11.3 Å². The summed E-state index contributed by atoms with van der Waals surface area (Å²) in [6.07, 6.45) is 0.596. The molecule has 2 N–H and O–H groups in total. The Hall–Kier alpha value is -2.49. The molecule has 3 rings (SSSR count).